The summed E-state index contributed by atoms with van der Waals surface area (Å²) in [4.78, 5) is 5.93. The van der Waals surface area contributed by atoms with Crippen LogP contribution in [0.2, 0.25) is 0 Å². The first-order valence-corrected chi connectivity index (χ1v) is 6.06. The zero-order valence-electron chi connectivity index (χ0n) is 10.4. The Kier molecular flexibility index (Phi) is 3.45. The lowest BCUT2D eigenvalue weighted by Crippen LogP contribution is -2.47. The molecule has 1 aliphatic rings. The fourth-order valence-corrected chi connectivity index (χ4v) is 2.45. The Bertz CT molecular complexity index is 389. The van der Waals surface area contributed by atoms with Crippen LogP contribution in [0.5, 0.6) is 0 Å². The van der Waals surface area contributed by atoms with Gasteiger partial charge in [0.25, 0.3) is 0 Å². The molecule has 2 rings (SSSR count). The monoisotopic (exact) mass is 238 g/mol. The summed E-state index contributed by atoms with van der Waals surface area (Å²) in [6.07, 6.45) is 4.13. The third kappa shape index (κ3) is 2.33. The lowest BCUT2D eigenvalue weighted by Gasteiger charge is -2.39. The second-order valence-electron chi connectivity index (χ2n) is 5.15. The Morgan fingerprint density at radius 2 is 2.06 bits per heavy atom. The van der Waals surface area contributed by atoms with Crippen molar-refractivity contribution in [1.82, 2.24) is 9.88 Å². The molecule has 1 aromatic rings. The minimum atomic E-state index is -0.830. The zero-order chi connectivity index (χ0) is 12.5. The number of aliphatic hydroxyl groups excluding tert-OH is 1. The van der Waals surface area contributed by atoms with E-state index in [2.05, 4.69) is 9.88 Å². The van der Waals surface area contributed by atoms with Crippen molar-refractivity contribution < 1.29 is 9.50 Å². The molecule has 94 valence electrons. The van der Waals surface area contributed by atoms with Crippen molar-refractivity contribution in [1.29, 1.82) is 0 Å². The molecule has 1 unspecified atom stereocenters. The molecule has 17 heavy (non-hydrogen) atoms. The van der Waals surface area contributed by atoms with Gasteiger partial charge in [-0.25, -0.2) is 4.39 Å². The maximum absolute atomic E-state index is 13.6. The van der Waals surface area contributed by atoms with Crippen LogP contribution in [0.1, 0.15) is 38.4 Å². The third-order valence-electron chi connectivity index (χ3n) is 3.69. The summed E-state index contributed by atoms with van der Waals surface area (Å²) in [6.45, 7) is 5.86. The van der Waals surface area contributed by atoms with E-state index in [1.165, 1.54) is 6.20 Å². The molecule has 4 heteroatoms. The molecule has 0 spiro atoms. The number of hydrogen-bond donors (Lipinski definition) is 1. The van der Waals surface area contributed by atoms with Crippen LogP contribution in [-0.4, -0.2) is 33.6 Å². The van der Waals surface area contributed by atoms with Crippen LogP contribution in [-0.2, 0) is 0 Å². The summed E-state index contributed by atoms with van der Waals surface area (Å²) in [5.41, 5.74) is -0.115. The molecule has 1 aromatic heterocycles. The van der Waals surface area contributed by atoms with Gasteiger partial charge in [-0.3, -0.25) is 9.88 Å². The Labute approximate surface area is 101 Å². The largest absolute Gasteiger partial charge is 0.386 e. The van der Waals surface area contributed by atoms with Crippen LogP contribution in [0.15, 0.2) is 18.5 Å². The predicted molar refractivity (Wildman–Crippen MR) is 64.0 cm³/mol. The van der Waals surface area contributed by atoms with Gasteiger partial charge in [0.15, 0.2) is 0 Å². The van der Waals surface area contributed by atoms with E-state index in [0.717, 1.165) is 32.1 Å². The standard InChI is InChI=1S/C13H19FN2O/c1-13(2,16-7-3-4-8-16)12(17)10-5-6-15-9-11(10)14/h5-6,9,12,17H,3-4,7-8H2,1-2H3. The number of likely N-dealkylation sites (tertiary alicyclic amines) is 1. The van der Waals surface area contributed by atoms with E-state index in [0.29, 0.717) is 5.56 Å². The summed E-state index contributed by atoms with van der Waals surface area (Å²) in [5, 5.41) is 10.4. The highest BCUT2D eigenvalue weighted by Crippen LogP contribution is 2.34. The van der Waals surface area contributed by atoms with E-state index >= 15 is 0 Å². The molecular weight excluding hydrogens is 219 g/mol. The highest BCUT2D eigenvalue weighted by molar-refractivity contribution is 5.19. The Morgan fingerprint density at radius 3 is 2.65 bits per heavy atom. The van der Waals surface area contributed by atoms with Gasteiger partial charge in [0.1, 0.15) is 5.82 Å². The Morgan fingerprint density at radius 1 is 1.41 bits per heavy atom. The highest BCUT2D eigenvalue weighted by Gasteiger charge is 2.37. The average Bonchev–Trinajstić information content (AvgIpc) is 2.83. The van der Waals surface area contributed by atoms with Crippen LogP contribution in [0.4, 0.5) is 4.39 Å². The minimum Gasteiger partial charge on any atom is -0.386 e. The topological polar surface area (TPSA) is 36.4 Å². The number of hydrogen-bond acceptors (Lipinski definition) is 3. The second-order valence-corrected chi connectivity index (χ2v) is 5.15. The molecule has 1 saturated heterocycles. The van der Waals surface area contributed by atoms with E-state index < -0.39 is 17.5 Å². The predicted octanol–water partition coefficient (Wildman–Crippen LogP) is 2.13. The van der Waals surface area contributed by atoms with Gasteiger partial charge in [-0.05, 0) is 45.8 Å². The Balaban J connectivity index is 2.24. The molecule has 0 aliphatic carbocycles. The molecule has 1 N–H and O–H groups in total. The summed E-state index contributed by atoms with van der Waals surface area (Å²) in [5.74, 6) is -0.438. The van der Waals surface area contributed by atoms with Gasteiger partial charge >= 0.3 is 0 Å². The minimum absolute atomic E-state index is 0.330. The van der Waals surface area contributed by atoms with E-state index in [-0.39, 0.29) is 0 Å². The number of pyridine rings is 1. The highest BCUT2D eigenvalue weighted by atomic mass is 19.1. The molecule has 0 saturated carbocycles. The first-order valence-electron chi connectivity index (χ1n) is 6.06. The summed E-state index contributed by atoms with van der Waals surface area (Å²) < 4.78 is 13.6. The first-order chi connectivity index (χ1) is 8.03. The quantitative estimate of drug-likeness (QED) is 0.876. The van der Waals surface area contributed by atoms with Crippen molar-refractivity contribution >= 4 is 0 Å². The number of rotatable bonds is 3. The third-order valence-corrected chi connectivity index (χ3v) is 3.69. The smallest absolute Gasteiger partial charge is 0.147 e. The van der Waals surface area contributed by atoms with Crippen molar-refractivity contribution in [2.75, 3.05) is 13.1 Å². The van der Waals surface area contributed by atoms with Crippen molar-refractivity contribution in [3.05, 3.63) is 29.8 Å². The zero-order valence-corrected chi connectivity index (χ0v) is 10.4. The second kappa shape index (κ2) is 4.70. The van der Waals surface area contributed by atoms with Gasteiger partial charge < -0.3 is 5.11 Å². The fourth-order valence-electron chi connectivity index (χ4n) is 2.45. The normalized spacial score (nSPS) is 19.5. The van der Waals surface area contributed by atoms with Crippen LogP contribution in [0, 0.1) is 5.82 Å². The number of halogens is 1. The number of aromatic nitrogens is 1. The summed E-state index contributed by atoms with van der Waals surface area (Å²) in [6, 6.07) is 1.55. The van der Waals surface area contributed by atoms with E-state index in [4.69, 9.17) is 0 Å². The molecule has 1 fully saturated rings. The van der Waals surface area contributed by atoms with Crippen molar-refractivity contribution in [2.45, 2.75) is 38.3 Å². The van der Waals surface area contributed by atoms with E-state index in [9.17, 15) is 9.50 Å². The maximum Gasteiger partial charge on any atom is 0.147 e. The molecular formula is C13H19FN2O. The van der Waals surface area contributed by atoms with Gasteiger partial charge in [-0.1, -0.05) is 0 Å². The fraction of sp³-hybridized carbons (Fsp3) is 0.615. The van der Waals surface area contributed by atoms with Crippen molar-refractivity contribution in [3.8, 4) is 0 Å². The lowest BCUT2D eigenvalue weighted by molar-refractivity contribution is -0.000731. The van der Waals surface area contributed by atoms with Crippen molar-refractivity contribution in [2.24, 2.45) is 0 Å². The van der Waals surface area contributed by atoms with Crippen LogP contribution < -0.4 is 0 Å². The van der Waals surface area contributed by atoms with Crippen molar-refractivity contribution in [3.63, 3.8) is 0 Å². The van der Waals surface area contributed by atoms with Gasteiger partial charge in [0.2, 0.25) is 0 Å². The molecule has 3 nitrogen and oxygen atoms in total. The van der Waals surface area contributed by atoms with E-state index in [1.807, 2.05) is 13.8 Å². The molecule has 0 aromatic carbocycles. The molecule has 1 aliphatic heterocycles. The number of nitrogens with zero attached hydrogens (tertiary/aromatic N) is 2. The summed E-state index contributed by atoms with van der Waals surface area (Å²) >= 11 is 0. The van der Waals surface area contributed by atoms with Gasteiger partial charge in [-0.2, -0.15) is 0 Å². The summed E-state index contributed by atoms with van der Waals surface area (Å²) in [7, 11) is 0. The molecule has 0 amide bonds. The van der Waals surface area contributed by atoms with Crippen LogP contribution in [0.25, 0.3) is 0 Å². The lowest BCUT2D eigenvalue weighted by atomic mass is 9.90. The van der Waals surface area contributed by atoms with Crippen LogP contribution >= 0.6 is 0 Å². The van der Waals surface area contributed by atoms with Gasteiger partial charge in [0, 0.05) is 17.3 Å². The van der Waals surface area contributed by atoms with E-state index in [1.54, 1.807) is 6.07 Å². The molecule has 1 atom stereocenters. The molecule has 0 radical (unpaired) electrons. The maximum atomic E-state index is 13.6. The van der Waals surface area contributed by atoms with Crippen LogP contribution in [0.3, 0.4) is 0 Å². The van der Waals surface area contributed by atoms with Gasteiger partial charge in [0.05, 0.1) is 12.3 Å². The molecule has 2 heterocycles. The Hall–Kier alpha value is -1.00. The molecule has 0 bridgehead atoms. The van der Waals surface area contributed by atoms with Gasteiger partial charge in [-0.15, -0.1) is 0 Å². The average molecular weight is 238 g/mol. The number of aliphatic hydroxyl groups is 1. The first kappa shape index (κ1) is 12.5. The SMILES string of the molecule is CC(C)(C(O)c1ccncc1F)N1CCCC1.